The number of amides is 1. The summed E-state index contributed by atoms with van der Waals surface area (Å²) in [6.07, 6.45) is 0.827. The molecule has 1 aliphatic heterocycles. The highest BCUT2D eigenvalue weighted by atomic mass is 32.2. The highest BCUT2D eigenvalue weighted by Crippen LogP contribution is 2.36. The van der Waals surface area contributed by atoms with Gasteiger partial charge in [-0.2, -0.15) is 0 Å². The van der Waals surface area contributed by atoms with Crippen LogP contribution >= 0.6 is 11.8 Å². The van der Waals surface area contributed by atoms with Crippen LogP contribution < -0.4 is 5.32 Å². The average molecular weight is 355 g/mol. The second-order valence-corrected chi connectivity index (χ2v) is 7.56. The van der Waals surface area contributed by atoms with Crippen molar-refractivity contribution in [2.75, 3.05) is 19.6 Å². The van der Waals surface area contributed by atoms with E-state index in [0.29, 0.717) is 6.54 Å². The summed E-state index contributed by atoms with van der Waals surface area (Å²) in [7, 11) is 0. The van der Waals surface area contributed by atoms with Crippen molar-refractivity contribution < 1.29 is 4.79 Å². The van der Waals surface area contributed by atoms with Crippen molar-refractivity contribution in [3.05, 3.63) is 65.7 Å². The zero-order valence-electron chi connectivity index (χ0n) is 14.9. The van der Waals surface area contributed by atoms with Crippen molar-refractivity contribution in [3.8, 4) is 0 Å². The van der Waals surface area contributed by atoms with E-state index < -0.39 is 0 Å². The number of nitrogens with one attached hydrogen (secondary N) is 1. The predicted octanol–water partition coefficient (Wildman–Crippen LogP) is 3.90. The van der Waals surface area contributed by atoms with E-state index in [9.17, 15) is 4.79 Å². The first-order chi connectivity index (χ1) is 12.2. The maximum absolute atomic E-state index is 12.7. The van der Waals surface area contributed by atoms with Gasteiger partial charge in [0.15, 0.2) is 0 Å². The molecule has 4 heteroatoms. The molecule has 1 heterocycles. The van der Waals surface area contributed by atoms with Gasteiger partial charge in [-0.25, -0.2) is 0 Å². The van der Waals surface area contributed by atoms with Crippen LogP contribution in [0.5, 0.6) is 0 Å². The van der Waals surface area contributed by atoms with E-state index >= 15 is 0 Å². The molecular formula is C21H26N2OS. The summed E-state index contributed by atoms with van der Waals surface area (Å²) in [6.45, 7) is 6.93. The molecule has 25 heavy (non-hydrogen) atoms. The minimum atomic E-state index is -0.00877. The Bertz CT molecular complexity index is 675. The highest BCUT2D eigenvalue weighted by molar-refractivity contribution is 8.01. The quantitative estimate of drug-likeness (QED) is 0.818. The topological polar surface area (TPSA) is 32.3 Å². The molecule has 0 saturated carbocycles. The minimum absolute atomic E-state index is 0.00877. The summed E-state index contributed by atoms with van der Waals surface area (Å²) >= 11 is 1.69. The molecule has 0 radical (unpaired) electrons. The number of hydrogen-bond donors (Lipinski definition) is 1. The normalized spacial score (nSPS) is 17.3. The molecule has 2 aromatic carbocycles. The molecule has 0 aromatic heterocycles. The molecular weight excluding hydrogens is 328 g/mol. The summed E-state index contributed by atoms with van der Waals surface area (Å²) in [5.74, 6) is 0.147. The summed E-state index contributed by atoms with van der Waals surface area (Å²) in [4.78, 5) is 16.3. The summed E-state index contributed by atoms with van der Waals surface area (Å²) in [5.41, 5.74) is 2.55. The lowest BCUT2D eigenvalue weighted by Crippen LogP contribution is -2.41. The summed E-state index contributed by atoms with van der Waals surface area (Å²) in [5, 5.41) is 3.20. The zero-order chi connectivity index (χ0) is 17.6. The Kier molecular flexibility index (Phi) is 6.16. The Balaban J connectivity index is 1.64. The van der Waals surface area contributed by atoms with Gasteiger partial charge in [0.05, 0.1) is 11.3 Å². The van der Waals surface area contributed by atoms with E-state index in [1.165, 1.54) is 16.0 Å². The van der Waals surface area contributed by atoms with Crippen LogP contribution in [-0.2, 0) is 11.2 Å². The van der Waals surface area contributed by atoms with Crippen LogP contribution in [0.2, 0.25) is 0 Å². The third-order valence-electron chi connectivity index (χ3n) is 4.85. The molecule has 0 unspecified atom stereocenters. The number of thioether (sulfide) groups is 1. The Labute approximate surface area is 154 Å². The van der Waals surface area contributed by atoms with Gasteiger partial charge in [0.2, 0.25) is 5.91 Å². The fourth-order valence-electron chi connectivity index (χ4n) is 3.44. The molecule has 0 spiro atoms. The lowest BCUT2D eigenvalue weighted by molar-refractivity contribution is -0.120. The zero-order valence-corrected chi connectivity index (χ0v) is 15.8. The third-order valence-corrected chi connectivity index (χ3v) is 6.16. The van der Waals surface area contributed by atoms with Gasteiger partial charge in [0, 0.05) is 11.4 Å². The van der Waals surface area contributed by atoms with Gasteiger partial charge in [0.25, 0.3) is 0 Å². The molecule has 132 valence electrons. The van der Waals surface area contributed by atoms with Gasteiger partial charge in [-0.15, -0.1) is 11.8 Å². The van der Waals surface area contributed by atoms with Crippen LogP contribution in [-0.4, -0.2) is 35.7 Å². The molecule has 2 atom stereocenters. The lowest BCUT2D eigenvalue weighted by atomic mass is 10.0. The van der Waals surface area contributed by atoms with E-state index in [2.05, 4.69) is 60.5 Å². The largest absolute Gasteiger partial charge is 0.353 e. The number of carbonyl (C=O) groups is 1. The fraction of sp³-hybridized carbons (Fsp3) is 0.381. The van der Waals surface area contributed by atoms with Gasteiger partial charge in [-0.05, 0) is 36.7 Å². The van der Waals surface area contributed by atoms with Gasteiger partial charge < -0.3 is 5.32 Å². The minimum Gasteiger partial charge on any atom is -0.353 e. The molecule has 1 aliphatic rings. The Morgan fingerprint density at radius 1 is 1.12 bits per heavy atom. The van der Waals surface area contributed by atoms with Crippen molar-refractivity contribution >= 4 is 17.7 Å². The molecule has 3 rings (SSSR count). The van der Waals surface area contributed by atoms with Gasteiger partial charge in [-0.3, -0.25) is 9.69 Å². The van der Waals surface area contributed by atoms with Crippen molar-refractivity contribution in [3.63, 3.8) is 0 Å². The number of carbonyl (C=O) groups excluding carboxylic acids is 1. The van der Waals surface area contributed by atoms with Crippen LogP contribution in [0.15, 0.2) is 59.5 Å². The number of likely N-dealkylation sites (N-methyl/N-ethyl adjacent to an activating group) is 1. The second kappa shape index (κ2) is 8.54. The van der Waals surface area contributed by atoms with E-state index in [1.54, 1.807) is 11.8 Å². The summed E-state index contributed by atoms with van der Waals surface area (Å²) < 4.78 is 0. The second-order valence-electron chi connectivity index (χ2n) is 6.31. The molecule has 1 N–H and O–H groups in total. The van der Waals surface area contributed by atoms with Gasteiger partial charge in [0.1, 0.15) is 0 Å². The predicted molar refractivity (Wildman–Crippen MR) is 105 cm³/mol. The molecule has 0 bridgehead atoms. The number of rotatable bonds is 7. The number of nitrogens with zero attached hydrogens (tertiary/aromatic N) is 1. The molecule has 2 aromatic rings. The van der Waals surface area contributed by atoms with Crippen LogP contribution in [0, 0.1) is 0 Å². The Morgan fingerprint density at radius 2 is 1.80 bits per heavy atom. The van der Waals surface area contributed by atoms with Crippen molar-refractivity contribution in [2.45, 2.75) is 36.5 Å². The van der Waals surface area contributed by atoms with E-state index in [0.717, 1.165) is 19.5 Å². The van der Waals surface area contributed by atoms with Gasteiger partial charge in [-0.1, -0.05) is 62.4 Å². The van der Waals surface area contributed by atoms with E-state index in [1.807, 2.05) is 18.2 Å². The molecule has 1 amide bonds. The molecule has 0 aliphatic carbocycles. The molecule has 0 saturated heterocycles. The third kappa shape index (κ3) is 4.25. The maximum Gasteiger partial charge on any atom is 0.233 e. The smallest absolute Gasteiger partial charge is 0.233 e. The maximum atomic E-state index is 12.7. The first-order valence-corrected chi connectivity index (χ1v) is 9.92. The fourth-order valence-corrected chi connectivity index (χ4v) is 4.66. The number of fused-ring (bicyclic) bond motifs is 1. The Morgan fingerprint density at radius 3 is 2.48 bits per heavy atom. The first kappa shape index (κ1) is 18.0. The average Bonchev–Trinajstić information content (AvgIpc) is 3.10. The Hall–Kier alpha value is -1.78. The number of benzene rings is 2. The van der Waals surface area contributed by atoms with E-state index in [4.69, 9.17) is 0 Å². The SMILES string of the molecule is CCN(CC)[C@@H](CNC(=O)[C@H]1Cc2ccccc2S1)c1ccccc1. The van der Waals surface area contributed by atoms with Crippen LogP contribution in [0.25, 0.3) is 0 Å². The molecule has 0 fully saturated rings. The lowest BCUT2D eigenvalue weighted by Gasteiger charge is -2.30. The van der Waals surface area contributed by atoms with Crippen LogP contribution in [0.3, 0.4) is 0 Å². The standard InChI is InChI=1S/C21H26N2OS/c1-3-23(4-2)18(16-10-6-5-7-11-16)15-22-21(24)20-14-17-12-8-9-13-19(17)25-20/h5-13,18,20H,3-4,14-15H2,1-2H3,(H,22,24)/t18-,20+/m0/s1. The van der Waals surface area contributed by atoms with Crippen LogP contribution in [0.4, 0.5) is 0 Å². The highest BCUT2D eigenvalue weighted by Gasteiger charge is 2.28. The van der Waals surface area contributed by atoms with Gasteiger partial charge >= 0.3 is 0 Å². The molecule has 3 nitrogen and oxygen atoms in total. The summed E-state index contributed by atoms with van der Waals surface area (Å²) in [6, 6.07) is 19.0. The monoisotopic (exact) mass is 354 g/mol. The van der Waals surface area contributed by atoms with Crippen molar-refractivity contribution in [1.29, 1.82) is 0 Å². The van der Waals surface area contributed by atoms with Crippen LogP contribution in [0.1, 0.15) is 31.0 Å². The number of hydrogen-bond acceptors (Lipinski definition) is 3. The first-order valence-electron chi connectivity index (χ1n) is 9.04. The van der Waals surface area contributed by atoms with E-state index in [-0.39, 0.29) is 17.2 Å². The van der Waals surface area contributed by atoms with Crippen molar-refractivity contribution in [1.82, 2.24) is 10.2 Å². The van der Waals surface area contributed by atoms with Crippen molar-refractivity contribution in [2.24, 2.45) is 0 Å².